The Morgan fingerprint density at radius 3 is 1.62 bits per heavy atom. The second-order valence-corrected chi connectivity index (χ2v) is 27.7. The molecule has 1 N–H and O–H groups in total. The quantitative estimate of drug-likeness (QED) is 0.145. The lowest BCUT2D eigenvalue weighted by atomic mass is 10.0. The zero-order chi connectivity index (χ0) is 67.3. The number of halogens is 2. The van der Waals surface area contributed by atoms with Gasteiger partial charge in [0.25, 0.3) is 0 Å². The topological polar surface area (TPSA) is 175 Å². The van der Waals surface area contributed by atoms with Gasteiger partial charge in [0.15, 0.2) is 29.1 Å². The van der Waals surface area contributed by atoms with E-state index in [0.717, 1.165) is 149 Å². The smallest absolute Gasteiger partial charge is 0.185 e. The van der Waals surface area contributed by atoms with E-state index in [1.165, 1.54) is 47.7 Å². The molecule has 494 valence electrons. The number of anilines is 3. The Balaban J connectivity index is 0.000000111. The SMILES string of the molecule is CC1[C@H]2CN(c3ccc4c(c3)Cn3cc(-c5ccc(C#N)cc5)cc3-c3nccn3-4)C[C@@H]12.CCC[C@H]1CN(c2ccc3c(c2)Cn2cc(-c4ccc(F)cc4)cc2-c2nccn2-3)C[C@@H]1O.CN(C)[C@H]1CCN(c2nc3c(cc2F)-n2cnnc2-c2cc(-c4ccc(C#N)cc4)cn2C3)C1. The number of rotatable bonds is 9. The third-order valence-corrected chi connectivity index (χ3v) is 21.6. The first-order valence-electron chi connectivity index (χ1n) is 34.2. The molecular formula is C79H73F2N17O. The summed E-state index contributed by atoms with van der Waals surface area (Å²) in [6.45, 7) is 12.1. The third kappa shape index (κ3) is 11.1. The largest absolute Gasteiger partial charge is 0.391 e. The van der Waals surface area contributed by atoms with Gasteiger partial charge in [-0.25, -0.2) is 23.7 Å². The van der Waals surface area contributed by atoms with Crippen LogP contribution in [0.3, 0.4) is 0 Å². The Morgan fingerprint density at radius 2 is 1.09 bits per heavy atom. The van der Waals surface area contributed by atoms with Crippen LogP contribution >= 0.6 is 0 Å². The van der Waals surface area contributed by atoms with Gasteiger partial charge in [-0.05, 0) is 164 Å². The van der Waals surface area contributed by atoms with Crippen LogP contribution in [0.15, 0.2) is 183 Å². The number of hydrogen-bond acceptors (Lipinski definition) is 12. The zero-order valence-corrected chi connectivity index (χ0v) is 55.6. The lowest BCUT2D eigenvalue weighted by Gasteiger charge is -2.23. The van der Waals surface area contributed by atoms with Crippen LogP contribution in [-0.4, -0.2) is 128 Å². The summed E-state index contributed by atoms with van der Waals surface area (Å²) in [5.41, 5.74) is 19.4. The molecule has 6 aliphatic heterocycles. The van der Waals surface area contributed by atoms with Crippen molar-refractivity contribution in [2.24, 2.45) is 23.7 Å². The number of nitriles is 2. The van der Waals surface area contributed by atoms with Crippen molar-refractivity contribution < 1.29 is 13.9 Å². The highest BCUT2D eigenvalue weighted by atomic mass is 19.1. The maximum atomic E-state index is 15.3. The molecular weight excluding hydrogens is 1240 g/mol. The minimum absolute atomic E-state index is 0.232. The highest BCUT2D eigenvalue weighted by Gasteiger charge is 2.52. The first-order valence-corrected chi connectivity index (χ1v) is 34.2. The molecule has 13 heterocycles. The molecule has 5 aromatic carbocycles. The molecule has 0 bridgehead atoms. The maximum absolute atomic E-state index is 15.3. The first-order chi connectivity index (χ1) is 48.3. The molecule has 4 fully saturated rings. The molecule has 20 heteroatoms. The summed E-state index contributed by atoms with van der Waals surface area (Å²) in [5.74, 6) is 5.36. The van der Waals surface area contributed by atoms with Crippen molar-refractivity contribution in [3.63, 3.8) is 0 Å². The minimum Gasteiger partial charge on any atom is -0.391 e. The number of hydrogen-bond donors (Lipinski definition) is 1. The molecule has 1 saturated carbocycles. The van der Waals surface area contributed by atoms with Gasteiger partial charge >= 0.3 is 0 Å². The zero-order valence-electron chi connectivity index (χ0n) is 55.6. The summed E-state index contributed by atoms with van der Waals surface area (Å²) in [6, 6.07) is 48.1. The fourth-order valence-corrected chi connectivity index (χ4v) is 16.0. The number of pyridine rings is 1. The summed E-state index contributed by atoms with van der Waals surface area (Å²) in [6.07, 6.45) is 18.6. The number of aliphatic hydroxyl groups excluding tert-OH is 1. The molecule has 99 heavy (non-hydrogen) atoms. The number of fused-ring (bicyclic) bond motifs is 16. The van der Waals surface area contributed by atoms with Crippen LogP contribution in [0.2, 0.25) is 0 Å². The maximum Gasteiger partial charge on any atom is 0.185 e. The number of nitrogens with zero attached hydrogens (tertiary/aromatic N) is 17. The van der Waals surface area contributed by atoms with Gasteiger partial charge in [0.2, 0.25) is 0 Å². The van der Waals surface area contributed by atoms with E-state index in [0.29, 0.717) is 53.5 Å². The van der Waals surface area contributed by atoms with E-state index in [9.17, 15) is 9.50 Å². The molecule has 0 spiro atoms. The summed E-state index contributed by atoms with van der Waals surface area (Å²) >= 11 is 0. The molecule has 0 radical (unpaired) electrons. The number of β-amino-alcohol motifs (C(OH)–C–C–N with tert-alkyl or cyclic N) is 1. The van der Waals surface area contributed by atoms with Crippen LogP contribution in [0.5, 0.6) is 0 Å². The number of aromatic nitrogens is 11. The van der Waals surface area contributed by atoms with Crippen LogP contribution in [0, 0.1) is 58.0 Å². The van der Waals surface area contributed by atoms with E-state index < -0.39 is 0 Å². The van der Waals surface area contributed by atoms with E-state index >= 15 is 4.39 Å². The molecule has 3 saturated heterocycles. The van der Waals surface area contributed by atoms with Crippen molar-refractivity contribution >= 4 is 17.2 Å². The third-order valence-electron chi connectivity index (χ3n) is 21.6. The van der Waals surface area contributed by atoms with E-state index in [4.69, 9.17) is 20.5 Å². The van der Waals surface area contributed by atoms with E-state index in [1.807, 2.05) is 101 Å². The average Bonchev–Trinajstić information content (AvgIpc) is 1.61. The van der Waals surface area contributed by atoms with Crippen LogP contribution in [-0.2, 0) is 19.6 Å². The number of aliphatic hydroxyl groups is 1. The lowest BCUT2D eigenvalue weighted by molar-refractivity contribution is 0.143. The van der Waals surface area contributed by atoms with Crippen molar-refractivity contribution in [3.05, 3.63) is 223 Å². The highest BCUT2D eigenvalue weighted by molar-refractivity contribution is 5.76. The van der Waals surface area contributed by atoms with E-state index in [-0.39, 0.29) is 17.7 Å². The van der Waals surface area contributed by atoms with Gasteiger partial charge in [0.1, 0.15) is 12.1 Å². The van der Waals surface area contributed by atoms with Crippen molar-refractivity contribution in [2.45, 2.75) is 64.9 Å². The molecule has 19 rings (SSSR count). The normalized spacial score (nSPS) is 19.4. The number of piperidine rings is 1. The van der Waals surface area contributed by atoms with Crippen molar-refractivity contribution in [1.82, 2.24) is 57.5 Å². The predicted octanol–water partition coefficient (Wildman–Crippen LogP) is 13.4. The van der Waals surface area contributed by atoms with Gasteiger partial charge in [-0.3, -0.25) is 13.7 Å². The predicted molar refractivity (Wildman–Crippen MR) is 379 cm³/mol. The van der Waals surface area contributed by atoms with Crippen molar-refractivity contribution in [3.8, 4) is 97.1 Å². The van der Waals surface area contributed by atoms with E-state index in [2.05, 4.69) is 160 Å². The second kappa shape index (κ2) is 24.7. The second-order valence-electron chi connectivity index (χ2n) is 27.7. The molecule has 1 unspecified atom stereocenters. The molecule has 7 aromatic heterocycles. The van der Waals surface area contributed by atoms with Gasteiger partial charge < -0.3 is 38.4 Å². The molecule has 6 atom stereocenters. The summed E-state index contributed by atoms with van der Waals surface area (Å²) in [4.78, 5) is 23.3. The number of imidazole rings is 2. The Morgan fingerprint density at radius 1 is 0.566 bits per heavy atom. The van der Waals surface area contributed by atoms with Crippen LogP contribution in [0.25, 0.3) is 85.0 Å². The van der Waals surface area contributed by atoms with Crippen molar-refractivity contribution in [2.75, 3.05) is 68.1 Å². The fraction of sp³-hybridized carbons (Fsp3) is 0.278. The van der Waals surface area contributed by atoms with Crippen molar-refractivity contribution in [1.29, 1.82) is 10.5 Å². The minimum atomic E-state index is -0.331. The Labute approximate surface area is 572 Å². The molecule has 0 amide bonds. The van der Waals surface area contributed by atoms with Crippen LogP contribution in [0.1, 0.15) is 61.1 Å². The summed E-state index contributed by atoms with van der Waals surface area (Å²) < 4.78 is 41.5. The molecule has 1 aliphatic carbocycles. The summed E-state index contributed by atoms with van der Waals surface area (Å²) in [5, 5.41) is 37.1. The van der Waals surface area contributed by atoms with Gasteiger partial charge in [0, 0.05) is 142 Å². The number of likely N-dealkylation sites (N-methyl/N-ethyl adjacent to an activating group) is 1. The van der Waals surface area contributed by atoms with Gasteiger partial charge in [0.05, 0.1) is 75.8 Å². The van der Waals surface area contributed by atoms with Gasteiger partial charge in [-0.1, -0.05) is 56.7 Å². The number of benzene rings is 5. The molecule has 18 nitrogen and oxygen atoms in total. The average molecular weight is 1310 g/mol. The lowest BCUT2D eigenvalue weighted by Crippen LogP contribution is -2.32. The van der Waals surface area contributed by atoms with Crippen LogP contribution < -0.4 is 14.7 Å². The highest BCUT2D eigenvalue weighted by Crippen LogP contribution is 2.52. The van der Waals surface area contributed by atoms with Crippen LogP contribution in [0.4, 0.5) is 26.0 Å². The summed E-state index contributed by atoms with van der Waals surface area (Å²) in [7, 11) is 4.11. The first kappa shape index (κ1) is 61.4. The fourth-order valence-electron chi connectivity index (χ4n) is 16.0. The molecule has 7 aliphatic rings. The van der Waals surface area contributed by atoms with E-state index in [1.54, 1.807) is 12.4 Å². The molecule has 12 aromatic rings. The Hall–Kier alpha value is -11.2. The Bertz CT molecular complexity index is 5140. The standard InChI is InChI=1S/C27H27FN4O.C27H23N5.C25H23FN8/c1-2-3-19-14-30(17-26(19)33)23-8-9-24-21(12-23)16-31-15-20(18-4-6-22(28)7-5-18)13-25(31)27-29-10-11-32(24)27;1-17-23-15-30(16-24(17)23)22-6-7-25-21(10-22)14-31-13-20(19-4-2-18(12-28)3-5-19)11-26(31)27-29-8-9-32(25)27;1-31(2)19-7-8-32(13-19)24-20(26)10-22-21(29-24)14-33-12-18(17-5-3-16(11-27)4-6-17)9-23(33)25-30-28-15-34(22)25/h4-13,15,19,26,33H,2-3,14,16-17H2,1H3;2-11,13,17,23-24H,14-16H2,1H3;3-6,9-10,12,15,19H,7-8,13-14H2,1-2H3/t19-,26-;17?,23-,24+;19-/m0.0/s1. The van der Waals surface area contributed by atoms with Gasteiger partial charge in [-0.2, -0.15) is 10.5 Å². The Kier molecular flexibility index (Phi) is 15.3. The van der Waals surface area contributed by atoms with Gasteiger partial charge in [-0.15, -0.1) is 10.2 Å². The monoisotopic (exact) mass is 1310 g/mol.